The van der Waals surface area contributed by atoms with Crippen molar-refractivity contribution in [1.29, 1.82) is 0 Å². The van der Waals surface area contributed by atoms with Gasteiger partial charge in [-0.15, -0.1) is 34.2 Å². The number of nitrogens with zero attached hydrogens (tertiary/aromatic N) is 6. The van der Waals surface area contributed by atoms with Gasteiger partial charge in [0.25, 0.3) is 0 Å². The molecule has 0 saturated carbocycles. The molecule has 7 nitrogen and oxygen atoms in total. The first-order valence-corrected chi connectivity index (χ1v) is 9.88. The number of aliphatic imine (C=N–C) groups is 1. The van der Waals surface area contributed by atoms with E-state index < -0.39 is 0 Å². The predicted molar refractivity (Wildman–Crippen MR) is 124 cm³/mol. The number of aryl methyl sites for hydroxylation is 1. The van der Waals surface area contributed by atoms with Crippen molar-refractivity contribution in [2.45, 2.75) is 39.4 Å². The van der Waals surface area contributed by atoms with E-state index in [-0.39, 0.29) is 24.0 Å². The maximum atomic E-state index is 4.47. The van der Waals surface area contributed by atoms with Gasteiger partial charge in [0.2, 0.25) is 0 Å². The number of aromatic nitrogens is 3. The summed E-state index contributed by atoms with van der Waals surface area (Å²) in [5.74, 6) is 1.88. The lowest BCUT2D eigenvalue weighted by atomic mass is 10.0. The molecule has 0 aliphatic carbocycles. The molecule has 2 aromatic rings. The third-order valence-corrected chi connectivity index (χ3v) is 5.28. The van der Waals surface area contributed by atoms with Crippen molar-refractivity contribution in [3.05, 3.63) is 48.0 Å². The van der Waals surface area contributed by atoms with Crippen LogP contribution in [0.1, 0.15) is 37.7 Å². The molecule has 3 rings (SSSR count). The molecule has 0 spiro atoms. The van der Waals surface area contributed by atoms with Gasteiger partial charge in [-0.25, -0.2) is 0 Å². The summed E-state index contributed by atoms with van der Waals surface area (Å²) >= 11 is 0. The zero-order chi connectivity index (χ0) is 19.1. The molecule has 0 amide bonds. The van der Waals surface area contributed by atoms with Gasteiger partial charge in [-0.3, -0.25) is 9.89 Å². The minimum absolute atomic E-state index is 0. The SMILES string of the molecule is CCC(c1ccccc1)N1CCN(C(=NC)NCc2nncn2CC)CC1.I. The number of guanidine groups is 1. The van der Waals surface area contributed by atoms with E-state index >= 15 is 0 Å². The quantitative estimate of drug-likeness (QED) is 0.378. The Balaban J connectivity index is 0.00000280. The van der Waals surface area contributed by atoms with Gasteiger partial charge in [0.1, 0.15) is 6.33 Å². The van der Waals surface area contributed by atoms with Crippen molar-refractivity contribution in [2.75, 3.05) is 33.2 Å². The average molecular weight is 497 g/mol. The number of nitrogens with one attached hydrogen (secondary N) is 1. The van der Waals surface area contributed by atoms with E-state index in [0.29, 0.717) is 12.6 Å². The summed E-state index contributed by atoms with van der Waals surface area (Å²) in [6.07, 6.45) is 2.90. The van der Waals surface area contributed by atoms with Gasteiger partial charge >= 0.3 is 0 Å². The van der Waals surface area contributed by atoms with Gasteiger partial charge in [0, 0.05) is 45.8 Å². The number of hydrogen-bond acceptors (Lipinski definition) is 4. The molecule has 0 radical (unpaired) electrons. The fraction of sp³-hybridized carbons (Fsp3) is 0.550. The largest absolute Gasteiger partial charge is 0.349 e. The minimum Gasteiger partial charge on any atom is -0.349 e. The zero-order valence-electron chi connectivity index (χ0n) is 17.1. The number of halogens is 1. The van der Waals surface area contributed by atoms with Crippen molar-refractivity contribution < 1.29 is 0 Å². The highest BCUT2D eigenvalue weighted by Gasteiger charge is 2.25. The number of benzene rings is 1. The average Bonchev–Trinajstić information content (AvgIpc) is 3.18. The van der Waals surface area contributed by atoms with Crippen LogP contribution in [0.25, 0.3) is 0 Å². The van der Waals surface area contributed by atoms with Gasteiger partial charge in [0.15, 0.2) is 11.8 Å². The van der Waals surface area contributed by atoms with Crippen LogP contribution in [0.5, 0.6) is 0 Å². The van der Waals surface area contributed by atoms with Gasteiger partial charge in [0.05, 0.1) is 6.54 Å². The second-order valence-corrected chi connectivity index (χ2v) is 6.79. The molecule has 1 fully saturated rings. The van der Waals surface area contributed by atoms with Crippen molar-refractivity contribution >= 4 is 29.9 Å². The number of hydrogen-bond donors (Lipinski definition) is 1. The van der Waals surface area contributed by atoms with Gasteiger partial charge in [-0.05, 0) is 18.9 Å². The lowest BCUT2D eigenvalue weighted by Crippen LogP contribution is -2.53. The van der Waals surface area contributed by atoms with Crippen LogP contribution in [0.4, 0.5) is 0 Å². The van der Waals surface area contributed by atoms with E-state index in [0.717, 1.165) is 50.9 Å². The van der Waals surface area contributed by atoms with Crippen molar-refractivity contribution in [3.8, 4) is 0 Å². The first-order chi connectivity index (χ1) is 13.3. The fourth-order valence-electron chi connectivity index (χ4n) is 3.80. The smallest absolute Gasteiger partial charge is 0.194 e. The Kier molecular flexibility index (Phi) is 9.17. The van der Waals surface area contributed by atoms with Crippen LogP contribution in [-0.2, 0) is 13.1 Å². The Labute approximate surface area is 185 Å². The molecule has 1 aromatic carbocycles. The van der Waals surface area contributed by atoms with Crippen molar-refractivity contribution in [3.63, 3.8) is 0 Å². The third kappa shape index (κ3) is 5.44. The summed E-state index contributed by atoms with van der Waals surface area (Å²) in [5, 5.41) is 11.6. The van der Waals surface area contributed by atoms with Crippen LogP contribution >= 0.6 is 24.0 Å². The maximum Gasteiger partial charge on any atom is 0.194 e. The normalized spacial score (nSPS) is 16.5. The highest BCUT2D eigenvalue weighted by molar-refractivity contribution is 14.0. The van der Waals surface area contributed by atoms with E-state index in [1.54, 1.807) is 6.33 Å². The van der Waals surface area contributed by atoms with Gasteiger partial charge in [-0.2, -0.15) is 0 Å². The maximum absolute atomic E-state index is 4.47. The standard InChI is InChI=1S/C20H31N7.HI/c1-4-18(17-9-7-6-8-10-17)26-11-13-27(14-12-26)20(21-3)22-15-19-24-23-16-25(19)5-2;/h6-10,16,18H,4-5,11-15H2,1-3H3,(H,21,22);1H. The van der Waals surface area contributed by atoms with E-state index in [9.17, 15) is 0 Å². The molecule has 1 unspecified atom stereocenters. The molecule has 1 aliphatic heterocycles. The van der Waals surface area contributed by atoms with Gasteiger partial charge < -0.3 is 14.8 Å². The topological polar surface area (TPSA) is 61.6 Å². The summed E-state index contributed by atoms with van der Waals surface area (Å²) in [6.45, 7) is 9.92. The Morgan fingerprint density at radius 2 is 1.86 bits per heavy atom. The molecule has 1 N–H and O–H groups in total. The molecule has 1 saturated heterocycles. The van der Waals surface area contributed by atoms with Crippen molar-refractivity contribution in [2.24, 2.45) is 4.99 Å². The molecule has 154 valence electrons. The summed E-state index contributed by atoms with van der Waals surface area (Å²) in [5.41, 5.74) is 1.41. The lowest BCUT2D eigenvalue weighted by molar-refractivity contribution is 0.127. The molecule has 0 bridgehead atoms. The van der Waals surface area contributed by atoms with Crippen LogP contribution in [-0.4, -0.2) is 63.8 Å². The van der Waals surface area contributed by atoms with Gasteiger partial charge in [-0.1, -0.05) is 37.3 Å². The highest BCUT2D eigenvalue weighted by atomic mass is 127. The Bertz CT molecular complexity index is 723. The molecular weight excluding hydrogens is 465 g/mol. The summed E-state index contributed by atoms with van der Waals surface area (Å²) < 4.78 is 2.05. The third-order valence-electron chi connectivity index (χ3n) is 5.28. The van der Waals surface area contributed by atoms with Crippen LogP contribution in [0, 0.1) is 0 Å². The molecular formula is C20H32IN7. The molecule has 1 aromatic heterocycles. The number of piperazine rings is 1. The van der Waals surface area contributed by atoms with Crippen LogP contribution in [0.2, 0.25) is 0 Å². The Morgan fingerprint density at radius 1 is 1.14 bits per heavy atom. The molecule has 1 atom stereocenters. The summed E-state index contributed by atoms with van der Waals surface area (Å²) in [7, 11) is 1.85. The van der Waals surface area contributed by atoms with E-state index in [1.807, 2.05) is 11.6 Å². The zero-order valence-corrected chi connectivity index (χ0v) is 19.4. The highest BCUT2D eigenvalue weighted by Crippen LogP contribution is 2.25. The first-order valence-electron chi connectivity index (χ1n) is 9.88. The molecule has 1 aliphatic rings. The van der Waals surface area contributed by atoms with E-state index in [2.05, 4.69) is 74.5 Å². The molecule has 2 heterocycles. The molecule has 28 heavy (non-hydrogen) atoms. The van der Waals surface area contributed by atoms with Crippen LogP contribution in [0.3, 0.4) is 0 Å². The second-order valence-electron chi connectivity index (χ2n) is 6.79. The minimum atomic E-state index is 0. The van der Waals surface area contributed by atoms with E-state index in [4.69, 9.17) is 0 Å². The van der Waals surface area contributed by atoms with Crippen LogP contribution in [0.15, 0.2) is 41.7 Å². The van der Waals surface area contributed by atoms with Crippen LogP contribution < -0.4 is 5.32 Å². The summed E-state index contributed by atoms with van der Waals surface area (Å²) in [6, 6.07) is 11.3. The predicted octanol–water partition coefficient (Wildman–Crippen LogP) is 2.76. The summed E-state index contributed by atoms with van der Waals surface area (Å²) in [4.78, 5) is 9.39. The Morgan fingerprint density at radius 3 is 2.46 bits per heavy atom. The fourth-order valence-corrected chi connectivity index (χ4v) is 3.80. The first kappa shape index (κ1) is 22.6. The monoisotopic (exact) mass is 497 g/mol. The number of rotatable bonds is 6. The van der Waals surface area contributed by atoms with Crippen molar-refractivity contribution in [1.82, 2.24) is 29.9 Å². The lowest BCUT2D eigenvalue weighted by Gasteiger charge is -2.40. The van der Waals surface area contributed by atoms with E-state index in [1.165, 1.54) is 5.56 Å². The molecule has 8 heteroatoms. The Hall–Kier alpha value is -1.68. The second kappa shape index (κ2) is 11.4.